The van der Waals surface area contributed by atoms with E-state index in [1.807, 2.05) is 30.5 Å². The largest absolute Gasteiger partial charge is 0.365 e. The Bertz CT molecular complexity index is 914. The molecule has 1 aliphatic rings. The average Bonchev–Trinajstić information content (AvgIpc) is 3.04. The summed E-state index contributed by atoms with van der Waals surface area (Å²) in [7, 11) is 1.75. The molecule has 1 atom stereocenters. The number of rotatable bonds is 2. The molecule has 0 spiro atoms. The minimum atomic E-state index is -0.0334. The van der Waals surface area contributed by atoms with E-state index in [1.165, 1.54) is 10.1 Å². The van der Waals surface area contributed by atoms with Gasteiger partial charge in [-0.15, -0.1) is 11.3 Å². The molecule has 0 saturated carbocycles. The summed E-state index contributed by atoms with van der Waals surface area (Å²) in [6, 6.07) is 12.2. The second-order valence-electron chi connectivity index (χ2n) is 5.89. The summed E-state index contributed by atoms with van der Waals surface area (Å²) < 4.78 is 1.20. The number of nitrogens with one attached hydrogen (secondary N) is 1. The van der Waals surface area contributed by atoms with E-state index in [0.29, 0.717) is 12.2 Å². The van der Waals surface area contributed by atoms with Crippen LogP contribution in [0.3, 0.4) is 0 Å². The number of nitrogens with zero attached hydrogens (tertiary/aromatic N) is 2. The van der Waals surface area contributed by atoms with Crippen molar-refractivity contribution in [2.24, 2.45) is 0 Å². The van der Waals surface area contributed by atoms with Gasteiger partial charge in [-0.1, -0.05) is 30.8 Å². The molecular weight excluding hydrogens is 318 g/mol. The van der Waals surface area contributed by atoms with Gasteiger partial charge in [0.15, 0.2) is 0 Å². The normalized spacial score (nSPS) is 18.0. The second-order valence-corrected chi connectivity index (χ2v) is 6.77. The van der Waals surface area contributed by atoms with Gasteiger partial charge in [0, 0.05) is 23.5 Å². The maximum atomic E-state index is 12.2. The van der Waals surface area contributed by atoms with Crippen molar-refractivity contribution < 1.29 is 4.79 Å². The van der Waals surface area contributed by atoms with Crippen LogP contribution >= 0.6 is 11.3 Å². The van der Waals surface area contributed by atoms with Crippen molar-refractivity contribution in [3.8, 4) is 11.3 Å². The topological polar surface area (TPSA) is 45.2 Å². The molecule has 1 amide bonds. The van der Waals surface area contributed by atoms with Gasteiger partial charge in [0.2, 0.25) is 5.91 Å². The Morgan fingerprint density at radius 1 is 1.29 bits per heavy atom. The van der Waals surface area contributed by atoms with E-state index >= 15 is 0 Å². The first-order chi connectivity index (χ1) is 11.6. The lowest BCUT2D eigenvalue weighted by atomic mass is 9.98. The highest BCUT2D eigenvalue weighted by Crippen LogP contribution is 2.38. The fourth-order valence-corrected chi connectivity index (χ4v) is 4.22. The number of aromatic nitrogens is 1. The highest BCUT2D eigenvalue weighted by atomic mass is 32.1. The van der Waals surface area contributed by atoms with Crippen LogP contribution in [-0.2, 0) is 4.79 Å². The summed E-state index contributed by atoms with van der Waals surface area (Å²) in [5.74, 6) is 0.737. The second kappa shape index (κ2) is 5.76. The zero-order chi connectivity index (χ0) is 16.7. The van der Waals surface area contributed by atoms with Gasteiger partial charge in [0.25, 0.3) is 0 Å². The van der Waals surface area contributed by atoms with Gasteiger partial charge in [-0.2, -0.15) is 0 Å². The zero-order valence-corrected chi connectivity index (χ0v) is 14.1. The lowest BCUT2D eigenvalue weighted by molar-refractivity contribution is -0.130. The van der Waals surface area contributed by atoms with Gasteiger partial charge in [-0.25, -0.2) is 0 Å². The molecule has 120 valence electrons. The van der Waals surface area contributed by atoms with E-state index in [9.17, 15) is 4.79 Å². The number of carbonyl (C=O) groups is 1. The molecule has 4 nitrogen and oxygen atoms in total. The molecule has 1 aromatic carbocycles. The van der Waals surface area contributed by atoms with E-state index in [0.717, 1.165) is 16.8 Å². The molecule has 0 bridgehead atoms. The van der Waals surface area contributed by atoms with Crippen LogP contribution in [0.5, 0.6) is 0 Å². The predicted molar refractivity (Wildman–Crippen MR) is 97.5 cm³/mol. The number of thiophene rings is 1. The summed E-state index contributed by atoms with van der Waals surface area (Å²) in [5, 5.41) is 6.66. The SMILES string of the molecule is C=C1NC(c2csc3c(-c4ccccn4)cccc23)CC(=O)N1C. The van der Waals surface area contributed by atoms with Gasteiger partial charge in [-0.05, 0) is 28.5 Å². The molecular formula is C19H17N3OS. The van der Waals surface area contributed by atoms with E-state index in [4.69, 9.17) is 0 Å². The summed E-state index contributed by atoms with van der Waals surface area (Å²) in [5.41, 5.74) is 3.24. The zero-order valence-electron chi connectivity index (χ0n) is 13.3. The number of fused-ring (bicyclic) bond motifs is 1. The summed E-state index contributed by atoms with van der Waals surface area (Å²) in [6.07, 6.45) is 2.25. The Labute approximate surface area is 144 Å². The van der Waals surface area contributed by atoms with Crippen LogP contribution in [0.1, 0.15) is 18.0 Å². The molecule has 1 N–H and O–H groups in total. The van der Waals surface area contributed by atoms with Crippen LogP contribution in [0.2, 0.25) is 0 Å². The highest BCUT2D eigenvalue weighted by molar-refractivity contribution is 7.18. The van der Waals surface area contributed by atoms with E-state index < -0.39 is 0 Å². The first-order valence-corrected chi connectivity index (χ1v) is 8.66. The number of amides is 1. The van der Waals surface area contributed by atoms with Crippen LogP contribution in [-0.4, -0.2) is 22.8 Å². The molecule has 24 heavy (non-hydrogen) atoms. The van der Waals surface area contributed by atoms with Crippen molar-refractivity contribution in [1.82, 2.24) is 15.2 Å². The molecule has 3 aromatic rings. The molecule has 1 unspecified atom stereocenters. The summed E-state index contributed by atoms with van der Waals surface area (Å²) in [6.45, 7) is 3.94. The molecule has 0 aliphatic carbocycles. The fourth-order valence-electron chi connectivity index (χ4n) is 3.07. The summed E-state index contributed by atoms with van der Waals surface area (Å²) >= 11 is 1.70. The van der Waals surface area contributed by atoms with Crippen molar-refractivity contribution in [3.63, 3.8) is 0 Å². The Morgan fingerprint density at radius 2 is 2.17 bits per heavy atom. The first kappa shape index (κ1) is 14.9. The van der Waals surface area contributed by atoms with E-state index in [2.05, 4.69) is 34.4 Å². The van der Waals surface area contributed by atoms with Crippen molar-refractivity contribution in [2.75, 3.05) is 7.05 Å². The molecule has 2 aromatic heterocycles. The Balaban J connectivity index is 1.79. The maximum Gasteiger partial charge on any atom is 0.230 e. The van der Waals surface area contributed by atoms with Crippen LogP contribution in [0, 0.1) is 0 Å². The monoisotopic (exact) mass is 335 g/mol. The Kier molecular flexibility index (Phi) is 3.58. The van der Waals surface area contributed by atoms with Crippen LogP contribution in [0.4, 0.5) is 0 Å². The fraction of sp³-hybridized carbons (Fsp3) is 0.158. The Hall–Kier alpha value is -2.66. The van der Waals surface area contributed by atoms with Crippen LogP contribution in [0.15, 0.2) is 60.4 Å². The molecule has 5 heteroatoms. The number of benzene rings is 1. The molecule has 3 heterocycles. The van der Waals surface area contributed by atoms with Gasteiger partial charge in [0.1, 0.15) is 5.82 Å². The van der Waals surface area contributed by atoms with Crippen molar-refractivity contribution in [1.29, 1.82) is 0 Å². The smallest absolute Gasteiger partial charge is 0.230 e. The third kappa shape index (κ3) is 2.37. The predicted octanol–water partition coefficient (Wildman–Crippen LogP) is 3.93. The van der Waals surface area contributed by atoms with Gasteiger partial charge in [-0.3, -0.25) is 9.78 Å². The molecule has 1 saturated heterocycles. The van der Waals surface area contributed by atoms with Gasteiger partial charge in [0.05, 0.1) is 18.2 Å². The summed E-state index contributed by atoms with van der Waals surface area (Å²) in [4.78, 5) is 18.2. The third-order valence-electron chi connectivity index (χ3n) is 4.44. The van der Waals surface area contributed by atoms with E-state index in [-0.39, 0.29) is 11.9 Å². The maximum absolute atomic E-state index is 12.2. The number of pyridine rings is 1. The van der Waals surface area contributed by atoms with Gasteiger partial charge < -0.3 is 10.2 Å². The number of hydrogen-bond acceptors (Lipinski definition) is 4. The van der Waals surface area contributed by atoms with Crippen molar-refractivity contribution in [3.05, 3.63) is 65.9 Å². The lowest BCUT2D eigenvalue weighted by Gasteiger charge is -2.32. The van der Waals surface area contributed by atoms with Crippen LogP contribution < -0.4 is 5.32 Å². The van der Waals surface area contributed by atoms with Crippen molar-refractivity contribution >= 4 is 27.3 Å². The first-order valence-electron chi connectivity index (χ1n) is 7.78. The highest BCUT2D eigenvalue weighted by Gasteiger charge is 2.28. The average molecular weight is 335 g/mol. The minimum Gasteiger partial charge on any atom is -0.365 e. The standard InChI is InChI=1S/C19H17N3OS/c1-12-21-17(10-18(23)22(12)2)15-11-24-19-13(15)6-5-7-14(19)16-8-3-4-9-20-16/h3-9,11,17,21H,1,10H2,2H3. The number of carbonyl (C=O) groups excluding carboxylic acids is 1. The molecule has 4 rings (SSSR count). The molecule has 1 fully saturated rings. The quantitative estimate of drug-likeness (QED) is 0.772. The number of hydrogen-bond donors (Lipinski definition) is 1. The third-order valence-corrected chi connectivity index (χ3v) is 5.49. The lowest BCUT2D eigenvalue weighted by Crippen LogP contribution is -2.42. The van der Waals surface area contributed by atoms with Crippen molar-refractivity contribution in [2.45, 2.75) is 12.5 Å². The van der Waals surface area contributed by atoms with Crippen LogP contribution in [0.25, 0.3) is 21.3 Å². The van der Waals surface area contributed by atoms with Gasteiger partial charge >= 0.3 is 0 Å². The molecule has 1 aliphatic heterocycles. The minimum absolute atomic E-state index is 0.0334. The Morgan fingerprint density at radius 3 is 2.92 bits per heavy atom. The van der Waals surface area contributed by atoms with E-state index in [1.54, 1.807) is 23.3 Å². The molecule has 0 radical (unpaired) electrons.